The zero-order valence-corrected chi connectivity index (χ0v) is 13.0. The van der Waals surface area contributed by atoms with Gasteiger partial charge < -0.3 is 0 Å². The first-order valence-corrected chi connectivity index (χ1v) is 7.33. The Balaban J connectivity index is 2.42. The molecule has 3 nitrogen and oxygen atoms in total. The fourth-order valence-corrected chi connectivity index (χ4v) is 2.75. The number of aryl methyl sites for hydroxylation is 1. The minimum Gasteiger partial charge on any atom is -0.298 e. The Hall–Kier alpha value is -1.32. The lowest BCUT2D eigenvalue weighted by Crippen LogP contribution is -2.07. The maximum absolute atomic E-state index is 11.2. The zero-order valence-electron chi connectivity index (χ0n) is 11.5. The van der Waals surface area contributed by atoms with Crippen molar-refractivity contribution in [2.45, 2.75) is 33.2 Å². The van der Waals surface area contributed by atoms with Gasteiger partial charge in [-0.15, -0.1) is 0 Å². The number of benzene rings is 1. The van der Waals surface area contributed by atoms with Gasteiger partial charge in [0.25, 0.3) is 0 Å². The largest absolute Gasteiger partial charge is 0.298 e. The Labute approximate surface area is 128 Å². The normalized spacial score (nSPS) is 10.8. The van der Waals surface area contributed by atoms with Crippen LogP contribution in [0.2, 0.25) is 10.0 Å². The van der Waals surface area contributed by atoms with Gasteiger partial charge in [0.1, 0.15) is 0 Å². The van der Waals surface area contributed by atoms with Crippen LogP contribution < -0.4 is 0 Å². The second-order valence-corrected chi connectivity index (χ2v) is 5.37. The second kappa shape index (κ2) is 6.42. The van der Waals surface area contributed by atoms with Gasteiger partial charge in [-0.25, -0.2) is 0 Å². The highest BCUT2D eigenvalue weighted by molar-refractivity contribution is 6.35. The number of carbonyl (C=O) groups excluding carboxylic acids is 1. The van der Waals surface area contributed by atoms with E-state index in [1.807, 2.05) is 24.6 Å². The van der Waals surface area contributed by atoms with Crippen LogP contribution in [-0.4, -0.2) is 16.1 Å². The molecule has 1 aromatic carbocycles. The summed E-state index contributed by atoms with van der Waals surface area (Å²) in [6.45, 7) is 4.55. The van der Waals surface area contributed by atoms with Crippen molar-refractivity contribution in [3.8, 4) is 0 Å². The monoisotopic (exact) mass is 310 g/mol. The lowest BCUT2D eigenvalue weighted by Gasteiger charge is -2.08. The molecule has 0 aliphatic carbocycles. The molecule has 0 amide bonds. The van der Waals surface area contributed by atoms with Crippen molar-refractivity contribution in [3.05, 3.63) is 50.8 Å². The highest BCUT2D eigenvalue weighted by Gasteiger charge is 2.15. The smallest absolute Gasteiger partial charge is 0.153 e. The number of rotatable bonds is 5. The summed E-state index contributed by atoms with van der Waals surface area (Å²) in [5, 5.41) is 5.74. The predicted octanol–water partition coefficient (Wildman–Crippen LogP) is 4.18. The minimum absolute atomic E-state index is 0.542. The molecule has 1 aromatic heterocycles. The summed E-state index contributed by atoms with van der Waals surface area (Å²) in [4.78, 5) is 11.2. The van der Waals surface area contributed by atoms with E-state index in [0.29, 0.717) is 22.2 Å². The topological polar surface area (TPSA) is 34.9 Å². The van der Waals surface area contributed by atoms with Gasteiger partial charge >= 0.3 is 0 Å². The lowest BCUT2D eigenvalue weighted by atomic mass is 10.1. The van der Waals surface area contributed by atoms with Gasteiger partial charge in [0.05, 0.1) is 17.8 Å². The van der Waals surface area contributed by atoms with E-state index in [1.165, 1.54) is 0 Å². The molecule has 20 heavy (non-hydrogen) atoms. The molecule has 0 bridgehead atoms. The molecule has 0 N–H and O–H groups in total. The van der Waals surface area contributed by atoms with Crippen LogP contribution in [0.3, 0.4) is 0 Å². The van der Waals surface area contributed by atoms with E-state index in [0.717, 1.165) is 36.1 Å². The van der Waals surface area contributed by atoms with E-state index in [2.05, 4.69) is 5.10 Å². The molecular weight excluding hydrogens is 295 g/mol. The quantitative estimate of drug-likeness (QED) is 0.777. The number of aldehydes is 1. The van der Waals surface area contributed by atoms with E-state index in [4.69, 9.17) is 23.2 Å². The third kappa shape index (κ3) is 2.89. The van der Waals surface area contributed by atoms with Gasteiger partial charge in [0.2, 0.25) is 0 Å². The number of hydrogen-bond donors (Lipinski definition) is 0. The summed E-state index contributed by atoms with van der Waals surface area (Å²) >= 11 is 12.1. The van der Waals surface area contributed by atoms with Crippen molar-refractivity contribution in [1.82, 2.24) is 9.78 Å². The van der Waals surface area contributed by atoms with Crippen molar-refractivity contribution in [2.75, 3.05) is 0 Å². The van der Waals surface area contributed by atoms with Crippen LogP contribution in [0, 0.1) is 0 Å². The first-order chi connectivity index (χ1) is 9.60. The van der Waals surface area contributed by atoms with Crippen molar-refractivity contribution >= 4 is 29.5 Å². The molecule has 0 aliphatic heterocycles. The summed E-state index contributed by atoms with van der Waals surface area (Å²) in [7, 11) is 0. The molecule has 0 radical (unpaired) electrons. The summed E-state index contributed by atoms with van der Waals surface area (Å²) < 4.78 is 1.86. The molecule has 0 fully saturated rings. The average Bonchev–Trinajstić information content (AvgIpc) is 2.78. The van der Waals surface area contributed by atoms with Gasteiger partial charge in [-0.05, 0) is 30.5 Å². The first kappa shape index (κ1) is 15.1. The zero-order chi connectivity index (χ0) is 14.7. The van der Waals surface area contributed by atoms with E-state index in [1.54, 1.807) is 12.1 Å². The molecule has 106 valence electrons. The van der Waals surface area contributed by atoms with E-state index in [9.17, 15) is 4.79 Å². The van der Waals surface area contributed by atoms with Gasteiger partial charge in [-0.2, -0.15) is 5.10 Å². The Kier molecular flexibility index (Phi) is 4.84. The summed E-state index contributed by atoms with van der Waals surface area (Å²) in [5.74, 6) is 0. The number of aromatic nitrogens is 2. The first-order valence-electron chi connectivity index (χ1n) is 6.58. The molecule has 2 aromatic rings. The Bertz CT molecular complexity index is 635. The SMILES string of the molecule is CCc1nn(Cc2ccc(Cl)cc2Cl)c(CC)c1C=O. The van der Waals surface area contributed by atoms with E-state index in [-0.39, 0.29) is 0 Å². The van der Waals surface area contributed by atoms with Crippen LogP contribution >= 0.6 is 23.2 Å². The second-order valence-electron chi connectivity index (χ2n) is 4.53. The minimum atomic E-state index is 0.542. The Morgan fingerprint density at radius 2 is 2.00 bits per heavy atom. The van der Waals surface area contributed by atoms with Crippen LogP contribution in [0.1, 0.15) is 41.2 Å². The third-order valence-electron chi connectivity index (χ3n) is 3.30. The molecule has 0 unspecified atom stereocenters. The summed E-state index contributed by atoms with van der Waals surface area (Å²) in [6, 6.07) is 5.41. The highest BCUT2D eigenvalue weighted by Crippen LogP contribution is 2.23. The standard InChI is InChI=1S/C15H16Cl2N2O/c1-3-14-12(9-20)15(4-2)19(18-14)8-10-5-6-11(16)7-13(10)17/h5-7,9H,3-4,8H2,1-2H3. The molecule has 0 spiro atoms. The maximum Gasteiger partial charge on any atom is 0.153 e. The average molecular weight is 311 g/mol. The van der Waals surface area contributed by atoms with Crippen LogP contribution in [0.5, 0.6) is 0 Å². The fourth-order valence-electron chi connectivity index (χ4n) is 2.28. The van der Waals surface area contributed by atoms with Crippen molar-refractivity contribution in [3.63, 3.8) is 0 Å². The molecule has 1 heterocycles. The molecule has 0 saturated carbocycles. The van der Waals surface area contributed by atoms with Gasteiger partial charge in [0, 0.05) is 15.7 Å². The highest BCUT2D eigenvalue weighted by atomic mass is 35.5. The summed E-state index contributed by atoms with van der Waals surface area (Å²) in [6.07, 6.45) is 2.39. The van der Waals surface area contributed by atoms with Gasteiger partial charge in [-0.3, -0.25) is 9.48 Å². The van der Waals surface area contributed by atoms with Crippen LogP contribution in [0.25, 0.3) is 0 Å². The number of carbonyl (C=O) groups is 1. The third-order valence-corrected chi connectivity index (χ3v) is 3.88. The lowest BCUT2D eigenvalue weighted by molar-refractivity contribution is 0.112. The fraction of sp³-hybridized carbons (Fsp3) is 0.333. The van der Waals surface area contributed by atoms with E-state index < -0.39 is 0 Å². The number of nitrogens with zero attached hydrogens (tertiary/aromatic N) is 2. The van der Waals surface area contributed by atoms with Crippen LogP contribution in [0.15, 0.2) is 18.2 Å². The van der Waals surface area contributed by atoms with Gasteiger partial charge in [-0.1, -0.05) is 43.1 Å². The van der Waals surface area contributed by atoms with Crippen molar-refractivity contribution < 1.29 is 4.79 Å². The molecule has 2 rings (SSSR count). The molecule has 5 heteroatoms. The number of halogens is 2. The molecule has 0 atom stereocenters. The van der Waals surface area contributed by atoms with Crippen LogP contribution in [0.4, 0.5) is 0 Å². The van der Waals surface area contributed by atoms with E-state index >= 15 is 0 Å². The molecule has 0 saturated heterocycles. The summed E-state index contributed by atoms with van der Waals surface area (Å²) in [5.41, 5.74) is 3.43. The van der Waals surface area contributed by atoms with Crippen molar-refractivity contribution in [1.29, 1.82) is 0 Å². The molecular formula is C15H16Cl2N2O. The number of hydrogen-bond acceptors (Lipinski definition) is 2. The Morgan fingerprint density at radius 1 is 1.25 bits per heavy atom. The maximum atomic E-state index is 11.2. The molecule has 0 aliphatic rings. The predicted molar refractivity (Wildman–Crippen MR) is 81.9 cm³/mol. The van der Waals surface area contributed by atoms with Crippen LogP contribution in [-0.2, 0) is 19.4 Å². The Morgan fingerprint density at radius 3 is 2.55 bits per heavy atom. The van der Waals surface area contributed by atoms with Crippen molar-refractivity contribution in [2.24, 2.45) is 0 Å². The van der Waals surface area contributed by atoms with Gasteiger partial charge in [0.15, 0.2) is 6.29 Å².